The number of pyridine rings is 1. The quantitative estimate of drug-likeness (QED) is 0.257. The van der Waals surface area contributed by atoms with E-state index in [0.717, 1.165) is 54.2 Å². The first kappa shape index (κ1) is 29.2. The van der Waals surface area contributed by atoms with Crippen LogP contribution in [0, 0.1) is 6.92 Å². The van der Waals surface area contributed by atoms with E-state index in [0.29, 0.717) is 5.95 Å². The van der Waals surface area contributed by atoms with Crippen molar-refractivity contribution in [1.82, 2.24) is 34.9 Å². The molecule has 0 aliphatic heterocycles. The number of alkyl halides is 1. The number of halogens is 1. The van der Waals surface area contributed by atoms with E-state index in [1.165, 1.54) is 0 Å². The summed E-state index contributed by atoms with van der Waals surface area (Å²) in [5, 5.41) is 20.2. The first-order valence-electron chi connectivity index (χ1n) is 12.5. The molecule has 5 rings (SSSR count). The van der Waals surface area contributed by atoms with Gasteiger partial charge in [0, 0.05) is 30.6 Å². The van der Waals surface area contributed by atoms with Gasteiger partial charge in [0.2, 0.25) is 5.95 Å². The van der Waals surface area contributed by atoms with Gasteiger partial charge in [-0.05, 0) is 45.7 Å². The molecule has 1 saturated carbocycles. The number of carboxylic acid groups (broad SMARTS) is 1. The fourth-order valence-electron chi connectivity index (χ4n) is 3.41. The Labute approximate surface area is 216 Å². The van der Waals surface area contributed by atoms with Crippen molar-refractivity contribution >= 4 is 23.5 Å². The summed E-state index contributed by atoms with van der Waals surface area (Å²) < 4.78 is 13.8. The molecule has 0 aromatic carbocycles. The maximum atomic E-state index is 11.9. The van der Waals surface area contributed by atoms with E-state index < -0.39 is 12.3 Å². The molecule has 0 radical (unpaired) electrons. The lowest BCUT2D eigenvalue weighted by atomic mass is 10.2. The van der Waals surface area contributed by atoms with Crippen molar-refractivity contribution in [1.29, 1.82) is 0 Å². The van der Waals surface area contributed by atoms with Gasteiger partial charge >= 0.3 is 6.09 Å². The number of aromatic nitrogens is 6. The molecule has 37 heavy (non-hydrogen) atoms. The van der Waals surface area contributed by atoms with Crippen molar-refractivity contribution in [2.75, 3.05) is 5.32 Å². The Morgan fingerprint density at radius 3 is 2.35 bits per heavy atom. The molecule has 4 N–H and O–H groups in total. The van der Waals surface area contributed by atoms with Gasteiger partial charge in [0.25, 0.3) is 0 Å². The number of aromatic amines is 1. The fourth-order valence-corrected chi connectivity index (χ4v) is 3.41. The van der Waals surface area contributed by atoms with Gasteiger partial charge in [-0.1, -0.05) is 32.8 Å². The number of rotatable bonds is 4. The molecule has 4 aromatic rings. The summed E-state index contributed by atoms with van der Waals surface area (Å²) in [6.45, 7) is 9.50. The number of anilines is 2. The number of nitrogens with zero attached hydrogens (tertiary/aromatic N) is 5. The fraction of sp³-hybridized carbons (Fsp3) is 0.423. The standard InChI is InChI=1S/C15H13N7.C5H9F.C4H9NO2.C2H6/c1-10-9-22-14(18-10)8-12(11-4-2-3-6-16-11)19-15(22)20-13-5-7-17-21-13;6-5-3-1-2-4-5;1-3(2)5-4(6)7;1-2/h2-9H,1H3,(H2,17,19,20,21);5H,1-4H2;3,5H,1-2H3,(H,6,7);1-2H3. The highest BCUT2D eigenvalue weighted by Gasteiger charge is 2.12. The Morgan fingerprint density at radius 1 is 1.14 bits per heavy atom. The van der Waals surface area contributed by atoms with E-state index in [4.69, 9.17) is 5.11 Å². The first-order valence-corrected chi connectivity index (χ1v) is 12.5. The average Bonchev–Trinajstić information content (AvgIpc) is 3.63. The minimum atomic E-state index is -0.963. The third-order valence-electron chi connectivity index (χ3n) is 4.95. The Bertz CT molecular complexity index is 1190. The number of aryl methyl sites for hydroxylation is 1. The second kappa shape index (κ2) is 15.2. The van der Waals surface area contributed by atoms with E-state index in [1.807, 2.05) is 61.7 Å². The number of hydrogen-bond donors (Lipinski definition) is 4. The van der Waals surface area contributed by atoms with Crippen LogP contribution >= 0.6 is 0 Å². The zero-order chi connectivity index (χ0) is 27.2. The molecule has 1 aliphatic carbocycles. The van der Waals surface area contributed by atoms with Crippen molar-refractivity contribution in [3.8, 4) is 11.4 Å². The summed E-state index contributed by atoms with van der Waals surface area (Å²) in [4.78, 5) is 23.2. The molecule has 1 fully saturated rings. The van der Waals surface area contributed by atoms with Crippen molar-refractivity contribution in [2.45, 2.75) is 72.5 Å². The largest absolute Gasteiger partial charge is 0.465 e. The predicted octanol–water partition coefficient (Wildman–Crippen LogP) is 6.15. The molecule has 10 nitrogen and oxygen atoms in total. The van der Waals surface area contributed by atoms with Crippen LogP contribution in [0.25, 0.3) is 17.0 Å². The maximum Gasteiger partial charge on any atom is 0.404 e. The van der Waals surface area contributed by atoms with E-state index >= 15 is 0 Å². The molecule has 1 aliphatic rings. The number of carbonyl (C=O) groups is 1. The van der Waals surface area contributed by atoms with Crippen LogP contribution in [-0.4, -0.2) is 53.0 Å². The lowest BCUT2D eigenvalue weighted by molar-refractivity contribution is 0.191. The van der Waals surface area contributed by atoms with Crippen LogP contribution in [0.15, 0.2) is 48.9 Å². The molecule has 11 heteroatoms. The van der Waals surface area contributed by atoms with Crippen molar-refractivity contribution in [3.63, 3.8) is 0 Å². The second-order valence-electron chi connectivity index (χ2n) is 8.37. The summed E-state index contributed by atoms with van der Waals surface area (Å²) in [5.74, 6) is 1.42. The van der Waals surface area contributed by atoms with Crippen molar-refractivity contribution in [2.24, 2.45) is 0 Å². The zero-order valence-corrected chi connectivity index (χ0v) is 22.1. The first-order chi connectivity index (χ1) is 17.8. The SMILES string of the molecule is CC.CC(C)NC(=O)O.Cc1cn2c(Nc3ccn[nH]3)nc(-c3ccccn3)cc2n1.FC1CCCC1. The molecular formula is C26H37FN8O2. The van der Waals surface area contributed by atoms with Crippen LogP contribution in [0.4, 0.5) is 21.0 Å². The summed E-state index contributed by atoms with van der Waals surface area (Å²) in [5.41, 5.74) is 3.31. The summed E-state index contributed by atoms with van der Waals surface area (Å²) in [6, 6.07) is 9.53. The van der Waals surface area contributed by atoms with Crippen LogP contribution < -0.4 is 10.6 Å². The molecule has 1 amide bonds. The lowest BCUT2D eigenvalue weighted by Gasteiger charge is -2.08. The second-order valence-corrected chi connectivity index (χ2v) is 8.37. The average molecular weight is 513 g/mol. The Balaban J connectivity index is 0.000000265. The molecule has 0 unspecified atom stereocenters. The van der Waals surface area contributed by atoms with Gasteiger partial charge < -0.3 is 15.7 Å². The van der Waals surface area contributed by atoms with Gasteiger partial charge in [-0.2, -0.15) is 5.10 Å². The smallest absolute Gasteiger partial charge is 0.404 e. The number of imidazole rings is 1. The Kier molecular flexibility index (Phi) is 12.0. The van der Waals surface area contributed by atoms with Crippen molar-refractivity contribution < 1.29 is 14.3 Å². The van der Waals surface area contributed by atoms with Crippen LogP contribution in [0.2, 0.25) is 0 Å². The minimum absolute atomic E-state index is 0.0255. The highest BCUT2D eigenvalue weighted by Crippen LogP contribution is 2.22. The molecule has 0 saturated heterocycles. The topological polar surface area (TPSA) is 133 Å². The molecule has 0 spiro atoms. The number of hydrogen-bond acceptors (Lipinski definition) is 6. The highest BCUT2D eigenvalue weighted by atomic mass is 19.1. The maximum absolute atomic E-state index is 11.9. The van der Waals surface area contributed by atoms with Gasteiger partial charge in [0.15, 0.2) is 0 Å². The van der Waals surface area contributed by atoms with E-state index in [9.17, 15) is 9.18 Å². The molecule has 0 bridgehead atoms. The highest BCUT2D eigenvalue weighted by molar-refractivity contribution is 5.65. The van der Waals surface area contributed by atoms with E-state index in [1.54, 1.807) is 26.2 Å². The Hall–Kier alpha value is -4.02. The van der Waals surface area contributed by atoms with Crippen LogP contribution in [-0.2, 0) is 0 Å². The number of amides is 1. The van der Waals surface area contributed by atoms with Crippen LogP contribution in [0.3, 0.4) is 0 Å². The number of H-pyrrole nitrogens is 1. The number of fused-ring (bicyclic) bond motifs is 1. The van der Waals surface area contributed by atoms with Crippen molar-refractivity contribution in [3.05, 3.63) is 54.6 Å². The molecule has 0 atom stereocenters. The Morgan fingerprint density at radius 2 is 1.86 bits per heavy atom. The molecule has 4 aromatic heterocycles. The third-order valence-corrected chi connectivity index (χ3v) is 4.95. The van der Waals surface area contributed by atoms with Gasteiger partial charge in [-0.3, -0.25) is 14.5 Å². The normalized spacial score (nSPS) is 12.5. The summed E-state index contributed by atoms with van der Waals surface area (Å²) in [7, 11) is 0. The summed E-state index contributed by atoms with van der Waals surface area (Å²) >= 11 is 0. The minimum Gasteiger partial charge on any atom is -0.465 e. The predicted molar refractivity (Wildman–Crippen MR) is 144 cm³/mol. The third kappa shape index (κ3) is 9.86. The lowest BCUT2D eigenvalue weighted by Crippen LogP contribution is -2.27. The summed E-state index contributed by atoms with van der Waals surface area (Å²) in [6.07, 6.45) is 7.81. The monoisotopic (exact) mass is 512 g/mol. The van der Waals surface area contributed by atoms with Crippen LogP contribution in [0.5, 0.6) is 0 Å². The van der Waals surface area contributed by atoms with Gasteiger partial charge in [0.1, 0.15) is 17.6 Å². The zero-order valence-electron chi connectivity index (χ0n) is 22.1. The molecular weight excluding hydrogens is 475 g/mol. The van der Waals surface area contributed by atoms with Gasteiger partial charge in [-0.25, -0.2) is 19.2 Å². The number of nitrogens with one attached hydrogen (secondary N) is 3. The molecule has 4 heterocycles. The molecule has 200 valence electrons. The van der Waals surface area contributed by atoms with Crippen LogP contribution in [0.1, 0.15) is 59.1 Å². The van der Waals surface area contributed by atoms with Gasteiger partial charge in [-0.15, -0.1) is 0 Å². The van der Waals surface area contributed by atoms with Gasteiger partial charge in [0.05, 0.1) is 23.3 Å². The van der Waals surface area contributed by atoms with E-state index in [2.05, 4.69) is 35.8 Å². The van der Waals surface area contributed by atoms with E-state index in [-0.39, 0.29) is 6.04 Å².